The largest absolute Gasteiger partial charge is 0.338 e. The quantitative estimate of drug-likeness (QED) is 0.879. The highest BCUT2D eigenvalue weighted by molar-refractivity contribution is 5.74. The van der Waals surface area contributed by atoms with Gasteiger partial charge in [-0.2, -0.15) is 0 Å². The minimum absolute atomic E-state index is 0.0356. The van der Waals surface area contributed by atoms with E-state index >= 15 is 0 Å². The first kappa shape index (κ1) is 14.1. The number of rotatable bonds is 4. The van der Waals surface area contributed by atoms with Gasteiger partial charge >= 0.3 is 6.03 Å². The second kappa shape index (κ2) is 5.94. The molecule has 5 rings (SSSR count). The molecule has 4 bridgehead atoms. The molecule has 0 aromatic heterocycles. The van der Waals surface area contributed by atoms with E-state index in [0.29, 0.717) is 12.6 Å². The lowest BCUT2D eigenvalue weighted by molar-refractivity contribution is -0.00940. The van der Waals surface area contributed by atoms with Gasteiger partial charge in [-0.05, 0) is 67.8 Å². The Bertz CT molecular complexity index is 499. The first-order chi connectivity index (χ1) is 10.8. The van der Waals surface area contributed by atoms with E-state index in [1.807, 2.05) is 18.2 Å². The van der Waals surface area contributed by atoms with Crippen molar-refractivity contribution in [3.63, 3.8) is 0 Å². The smallest absolute Gasteiger partial charge is 0.315 e. The van der Waals surface area contributed by atoms with E-state index in [2.05, 4.69) is 22.8 Å². The topological polar surface area (TPSA) is 41.1 Å². The number of hydrogen-bond donors (Lipinski definition) is 2. The van der Waals surface area contributed by atoms with Crippen LogP contribution in [-0.2, 0) is 6.42 Å². The summed E-state index contributed by atoms with van der Waals surface area (Å²) in [4.78, 5) is 12.2. The van der Waals surface area contributed by atoms with Gasteiger partial charge in [-0.25, -0.2) is 4.79 Å². The van der Waals surface area contributed by atoms with Crippen molar-refractivity contribution < 1.29 is 4.79 Å². The van der Waals surface area contributed by atoms with Gasteiger partial charge in [0.2, 0.25) is 0 Å². The van der Waals surface area contributed by atoms with Crippen molar-refractivity contribution in [2.24, 2.45) is 23.7 Å². The second-order valence-electron chi connectivity index (χ2n) is 7.59. The van der Waals surface area contributed by atoms with Crippen LogP contribution in [0.25, 0.3) is 0 Å². The Balaban J connectivity index is 1.26. The molecule has 3 nitrogen and oxygen atoms in total. The molecule has 4 aliphatic carbocycles. The average Bonchev–Trinajstić information content (AvgIpc) is 2.51. The van der Waals surface area contributed by atoms with Gasteiger partial charge in [-0.1, -0.05) is 30.3 Å². The molecule has 1 aromatic carbocycles. The Morgan fingerprint density at radius 1 is 0.955 bits per heavy atom. The normalized spacial score (nSPS) is 35.4. The summed E-state index contributed by atoms with van der Waals surface area (Å²) >= 11 is 0. The lowest BCUT2D eigenvalue weighted by Crippen LogP contribution is -2.57. The Kier molecular flexibility index (Phi) is 3.81. The molecule has 3 heteroatoms. The lowest BCUT2D eigenvalue weighted by atomic mass is 9.54. The van der Waals surface area contributed by atoms with Crippen molar-refractivity contribution in [2.75, 3.05) is 6.54 Å². The third kappa shape index (κ3) is 2.86. The van der Waals surface area contributed by atoms with Gasteiger partial charge < -0.3 is 10.6 Å². The number of carbonyl (C=O) groups excluding carboxylic acids is 1. The highest BCUT2D eigenvalue weighted by Gasteiger charge is 2.48. The Labute approximate surface area is 132 Å². The molecule has 4 fully saturated rings. The summed E-state index contributed by atoms with van der Waals surface area (Å²) < 4.78 is 0. The zero-order valence-electron chi connectivity index (χ0n) is 13.1. The molecule has 4 saturated carbocycles. The van der Waals surface area contributed by atoms with Crippen LogP contribution in [0.2, 0.25) is 0 Å². The van der Waals surface area contributed by atoms with E-state index in [1.54, 1.807) is 0 Å². The standard InChI is InChI=1S/C19H26N2O/c22-19(20-7-6-13-4-2-1-3-5-13)21-18-16-9-14-8-15(11-16)12-17(18)10-14/h1-5,14-18H,6-12H2,(H2,20,21,22). The van der Waals surface area contributed by atoms with Crippen molar-refractivity contribution in [1.82, 2.24) is 10.6 Å². The Hall–Kier alpha value is -1.51. The van der Waals surface area contributed by atoms with Gasteiger partial charge in [0.1, 0.15) is 0 Å². The first-order valence-corrected chi connectivity index (χ1v) is 8.86. The summed E-state index contributed by atoms with van der Waals surface area (Å²) in [6, 6.07) is 10.8. The molecule has 4 aliphatic rings. The fourth-order valence-corrected chi connectivity index (χ4v) is 5.33. The fraction of sp³-hybridized carbons (Fsp3) is 0.632. The van der Waals surface area contributed by atoms with E-state index in [0.717, 1.165) is 30.1 Å². The zero-order chi connectivity index (χ0) is 14.9. The molecular weight excluding hydrogens is 272 g/mol. The summed E-state index contributed by atoms with van der Waals surface area (Å²) in [6.07, 6.45) is 7.76. The van der Waals surface area contributed by atoms with Gasteiger partial charge in [-0.15, -0.1) is 0 Å². The maximum absolute atomic E-state index is 12.2. The maximum atomic E-state index is 12.2. The van der Waals surface area contributed by atoms with E-state index in [4.69, 9.17) is 0 Å². The number of amides is 2. The fourth-order valence-electron chi connectivity index (χ4n) is 5.33. The van der Waals surface area contributed by atoms with Crippen LogP contribution in [0.5, 0.6) is 0 Å². The van der Waals surface area contributed by atoms with Crippen molar-refractivity contribution in [1.29, 1.82) is 0 Å². The summed E-state index contributed by atoms with van der Waals surface area (Å²) in [5.41, 5.74) is 1.28. The maximum Gasteiger partial charge on any atom is 0.315 e. The third-order valence-electron chi connectivity index (χ3n) is 6.07. The van der Waals surface area contributed by atoms with E-state index in [1.165, 1.54) is 37.7 Å². The van der Waals surface area contributed by atoms with E-state index < -0.39 is 0 Å². The number of urea groups is 1. The molecular formula is C19H26N2O. The molecule has 0 spiro atoms. The minimum atomic E-state index is 0.0356. The average molecular weight is 298 g/mol. The number of benzene rings is 1. The Morgan fingerprint density at radius 3 is 2.23 bits per heavy atom. The second-order valence-corrected chi connectivity index (χ2v) is 7.59. The molecule has 0 atom stereocenters. The molecule has 22 heavy (non-hydrogen) atoms. The predicted octanol–water partition coefficient (Wildman–Crippen LogP) is 3.35. The number of hydrogen-bond acceptors (Lipinski definition) is 1. The van der Waals surface area contributed by atoms with Gasteiger partial charge in [0, 0.05) is 12.6 Å². The molecule has 2 amide bonds. The van der Waals surface area contributed by atoms with Gasteiger partial charge in [-0.3, -0.25) is 0 Å². The molecule has 118 valence electrons. The third-order valence-corrected chi connectivity index (χ3v) is 6.07. The van der Waals surface area contributed by atoms with Gasteiger partial charge in [0.05, 0.1) is 0 Å². The summed E-state index contributed by atoms with van der Waals surface area (Å²) in [6.45, 7) is 0.711. The van der Waals surface area contributed by atoms with E-state index in [9.17, 15) is 4.79 Å². The molecule has 0 heterocycles. The zero-order valence-corrected chi connectivity index (χ0v) is 13.1. The molecule has 0 unspecified atom stereocenters. The molecule has 0 aliphatic heterocycles. The Morgan fingerprint density at radius 2 is 1.59 bits per heavy atom. The molecule has 0 radical (unpaired) electrons. The van der Waals surface area contributed by atoms with Crippen LogP contribution in [0.4, 0.5) is 4.79 Å². The summed E-state index contributed by atoms with van der Waals surface area (Å²) in [5.74, 6) is 3.41. The van der Waals surface area contributed by atoms with E-state index in [-0.39, 0.29) is 6.03 Å². The van der Waals surface area contributed by atoms with Crippen molar-refractivity contribution >= 4 is 6.03 Å². The molecule has 2 N–H and O–H groups in total. The van der Waals surface area contributed by atoms with Crippen molar-refractivity contribution in [2.45, 2.75) is 44.6 Å². The van der Waals surface area contributed by atoms with Crippen LogP contribution >= 0.6 is 0 Å². The SMILES string of the molecule is O=C(NCCc1ccccc1)NC1C2CC3CC(C2)CC1C3. The molecule has 1 aromatic rings. The highest BCUT2D eigenvalue weighted by atomic mass is 16.2. The van der Waals surface area contributed by atoms with Gasteiger partial charge in [0.25, 0.3) is 0 Å². The number of nitrogens with one attached hydrogen (secondary N) is 2. The summed E-state index contributed by atoms with van der Waals surface area (Å²) in [5, 5.41) is 6.34. The number of carbonyl (C=O) groups is 1. The monoisotopic (exact) mass is 298 g/mol. The van der Waals surface area contributed by atoms with Crippen LogP contribution in [0.15, 0.2) is 30.3 Å². The lowest BCUT2D eigenvalue weighted by Gasteiger charge is -2.54. The van der Waals surface area contributed by atoms with Crippen LogP contribution in [0.3, 0.4) is 0 Å². The highest BCUT2D eigenvalue weighted by Crippen LogP contribution is 2.53. The van der Waals surface area contributed by atoms with Crippen LogP contribution in [0.1, 0.15) is 37.7 Å². The predicted molar refractivity (Wildman–Crippen MR) is 87.5 cm³/mol. The van der Waals surface area contributed by atoms with Crippen LogP contribution < -0.4 is 10.6 Å². The minimum Gasteiger partial charge on any atom is -0.338 e. The first-order valence-electron chi connectivity index (χ1n) is 8.86. The summed E-state index contributed by atoms with van der Waals surface area (Å²) in [7, 11) is 0. The van der Waals surface area contributed by atoms with Crippen molar-refractivity contribution in [3.8, 4) is 0 Å². The van der Waals surface area contributed by atoms with Crippen LogP contribution in [-0.4, -0.2) is 18.6 Å². The van der Waals surface area contributed by atoms with Gasteiger partial charge in [0.15, 0.2) is 0 Å². The van der Waals surface area contributed by atoms with Crippen molar-refractivity contribution in [3.05, 3.63) is 35.9 Å². The molecule has 0 saturated heterocycles. The van der Waals surface area contributed by atoms with Crippen LogP contribution in [0, 0.1) is 23.7 Å².